The summed E-state index contributed by atoms with van der Waals surface area (Å²) in [7, 11) is 0. The van der Waals surface area contributed by atoms with E-state index in [9.17, 15) is 18.4 Å². The number of anilines is 1. The fourth-order valence-electron chi connectivity index (χ4n) is 1.71. The number of amides is 2. The number of carboxylic acids is 1. The number of carboxylic acid groups (broad SMARTS) is 1. The summed E-state index contributed by atoms with van der Waals surface area (Å²) in [5.74, 6) is -2.95. The minimum Gasteiger partial charge on any atom is -0.480 e. The van der Waals surface area contributed by atoms with E-state index >= 15 is 0 Å². The number of likely N-dealkylation sites (N-methyl/N-ethyl adjacent to an activating group) is 1. The van der Waals surface area contributed by atoms with E-state index in [1.165, 1.54) is 13.8 Å². The molecule has 0 fully saturated rings. The molecule has 0 saturated carbocycles. The molecule has 1 rings (SSSR count). The Balaban J connectivity index is 3.04. The minimum atomic E-state index is -1.47. The van der Waals surface area contributed by atoms with Crippen LogP contribution in [-0.2, 0) is 4.79 Å². The van der Waals surface area contributed by atoms with Crippen molar-refractivity contribution in [2.24, 2.45) is 0 Å². The van der Waals surface area contributed by atoms with Crippen molar-refractivity contribution in [3.8, 4) is 0 Å². The Kier molecular flexibility index (Phi) is 5.27. The van der Waals surface area contributed by atoms with Gasteiger partial charge in [0.05, 0.1) is 10.2 Å². The maximum Gasteiger partial charge on any atom is 0.329 e. The van der Waals surface area contributed by atoms with Gasteiger partial charge in [0.15, 0.2) is 0 Å². The first-order valence-electron chi connectivity index (χ1n) is 6.07. The number of nitrogens with zero attached hydrogens (tertiary/aromatic N) is 1. The van der Waals surface area contributed by atoms with Crippen molar-refractivity contribution in [2.75, 3.05) is 11.9 Å². The Morgan fingerprint density at radius 2 is 1.90 bits per heavy atom. The number of carbonyl (C=O) groups excluding carboxylic acids is 1. The van der Waals surface area contributed by atoms with E-state index < -0.39 is 29.2 Å². The molecule has 1 aromatic carbocycles. The van der Waals surface area contributed by atoms with E-state index in [-0.39, 0.29) is 16.7 Å². The molecular weight excluding hydrogens is 350 g/mol. The largest absolute Gasteiger partial charge is 0.480 e. The van der Waals surface area contributed by atoms with Crippen LogP contribution < -0.4 is 5.32 Å². The molecule has 0 atom stereocenters. The van der Waals surface area contributed by atoms with Crippen molar-refractivity contribution in [1.29, 1.82) is 0 Å². The molecule has 0 aliphatic carbocycles. The van der Waals surface area contributed by atoms with Gasteiger partial charge in [-0.2, -0.15) is 0 Å². The predicted molar refractivity (Wildman–Crippen MR) is 77.2 cm³/mol. The number of rotatable bonds is 4. The SMILES string of the molecule is CCN(C(=O)Nc1cc(Br)c(F)cc1F)C(C)(C)C(=O)O. The predicted octanol–water partition coefficient (Wildman–Crippen LogP) is 3.44. The van der Waals surface area contributed by atoms with Crippen LogP contribution in [0, 0.1) is 11.6 Å². The first-order chi connectivity index (χ1) is 9.61. The lowest BCUT2D eigenvalue weighted by molar-refractivity contribution is -0.147. The van der Waals surface area contributed by atoms with E-state index in [2.05, 4.69) is 21.2 Å². The summed E-state index contributed by atoms with van der Waals surface area (Å²) in [6.07, 6.45) is 0. The Labute approximate surface area is 129 Å². The van der Waals surface area contributed by atoms with Crippen LogP contribution in [0.15, 0.2) is 16.6 Å². The summed E-state index contributed by atoms with van der Waals surface area (Å²) in [4.78, 5) is 24.3. The van der Waals surface area contributed by atoms with Crippen molar-refractivity contribution >= 4 is 33.6 Å². The first-order valence-corrected chi connectivity index (χ1v) is 6.87. The quantitative estimate of drug-likeness (QED) is 0.804. The first kappa shape index (κ1) is 17.4. The monoisotopic (exact) mass is 364 g/mol. The number of nitrogens with one attached hydrogen (secondary N) is 1. The number of hydrogen-bond acceptors (Lipinski definition) is 2. The molecule has 0 radical (unpaired) electrons. The molecular formula is C13H15BrF2N2O3. The summed E-state index contributed by atoms with van der Waals surface area (Å²) in [6.45, 7) is 4.42. The summed E-state index contributed by atoms with van der Waals surface area (Å²) < 4.78 is 26.7. The van der Waals surface area contributed by atoms with Gasteiger partial charge >= 0.3 is 12.0 Å². The fraction of sp³-hybridized carbons (Fsp3) is 0.385. The third-order valence-electron chi connectivity index (χ3n) is 3.01. The molecule has 2 N–H and O–H groups in total. The van der Waals surface area contributed by atoms with E-state index in [1.54, 1.807) is 6.92 Å². The van der Waals surface area contributed by atoms with Gasteiger partial charge in [0.2, 0.25) is 0 Å². The normalized spacial score (nSPS) is 11.1. The highest BCUT2D eigenvalue weighted by Gasteiger charge is 2.37. The van der Waals surface area contributed by atoms with Crippen molar-refractivity contribution in [1.82, 2.24) is 4.90 Å². The second-order valence-corrected chi connectivity index (χ2v) is 5.64. The second-order valence-electron chi connectivity index (χ2n) is 4.78. The number of hydrogen-bond donors (Lipinski definition) is 2. The summed E-state index contributed by atoms with van der Waals surface area (Å²) >= 11 is 2.89. The number of carbonyl (C=O) groups is 2. The van der Waals surface area contributed by atoms with E-state index in [4.69, 9.17) is 5.11 Å². The Hall–Kier alpha value is -1.70. The third-order valence-corrected chi connectivity index (χ3v) is 3.62. The van der Waals surface area contributed by atoms with Crippen LogP contribution in [0.5, 0.6) is 0 Å². The average molecular weight is 365 g/mol. The molecule has 0 aliphatic heterocycles. The molecule has 5 nitrogen and oxygen atoms in total. The van der Waals surface area contributed by atoms with Crippen molar-refractivity contribution in [3.05, 3.63) is 28.2 Å². The average Bonchev–Trinajstić information content (AvgIpc) is 2.36. The molecule has 0 aromatic heterocycles. The third kappa shape index (κ3) is 3.69. The maximum atomic E-state index is 13.6. The highest BCUT2D eigenvalue weighted by atomic mass is 79.9. The van der Waals surface area contributed by atoms with Crippen molar-refractivity contribution in [3.63, 3.8) is 0 Å². The van der Waals surface area contributed by atoms with Crippen LogP contribution in [0.3, 0.4) is 0 Å². The zero-order valence-corrected chi connectivity index (χ0v) is 13.3. The van der Waals surface area contributed by atoms with Gasteiger partial charge in [0, 0.05) is 12.6 Å². The molecule has 0 unspecified atom stereocenters. The van der Waals surface area contributed by atoms with E-state index in [0.717, 1.165) is 11.0 Å². The van der Waals surface area contributed by atoms with Crippen molar-refractivity contribution in [2.45, 2.75) is 26.3 Å². The Morgan fingerprint density at radius 1 is 1.33 bits per heavy atom. The smallest absolute Gasteiger partial charge is 0.329 e. The molecule has 0 aliphatic rings. The van der Waals surface area contributed by atoms with Gasteiger partial charge in [0.25, 0.3) is 0 Å². The van der Waals surface area contributed by atoms with Crippen LogP contribution in [0.4, 0.5) is 19.3 Å². The second kappa shape index (κ2) is 6.38. The molecule has 21 heavy (non-hydrogen) atoms. The molecule has 0 bridgehead atoms. The molecule has 0 spiro atoms. The lowest BCUT2D eigenvalue weighted by atomic mass is 10.0. The lowest BCUT2D eigenvalue weighted by Crippen LogP contribution is -2.54. The van der Waals surface area contributed by atoms with Gasteiger partial charge in [-0.15, -0.1) is 0 Å². The minimum absolute atomic E-state index is 0.0141. The summed E-state index contributed by atoms with van der Waals surface area (Å²) in [5.41, 5.74) is -1.71. The van der Waals surface area contributed by atoms with Crippen molar-refractivity contribution < 1.29 is 23.5 Å². The zero-order valence-electron chi connectivity index (χ0n) is 11.7. The van der Waals surface area contributed by atoms with Crippen LogP contribution in [0.2, 0.25) is 0 Å². The van der Waals surface area contributed by atoms with Crippen LogP contribution >= 0.6 is 15.9 Å². The van der Waals surface area contributed by atoms with E-state index in [0.29, 0.717) is 6.07 Å². The molecule has 8 heteroatoms. The van der Waals surface area contributed by atoms with Gasteiger partial charge in [-0.25, -0.2) is 18.4 Å². The fourth-order valence-corrected chi connectivity index (χ4v) is 2.05. The van der Waals surface area contributed by atoms with Gasteiger partial charge in [-0.05, 0) is 42.8 Å². The van der Waals surface area contributed by atoms with Gasteiger partial charge in [-0.1, -0.05) is 0 Å². The van der Waals surface area contributed by atoms with Gasteiger partial charge in [0.1, 0.15) is 17.2 Å². The van der Waals surface area contributed by atoms with Gasteiger partial charge < -0.3 is 15.3 Å². The molecule has 0 heterocycles. The van der Waals surface area contributed by atoms with Crippen LogP contribution in [0.25, 0.3) is 0 Å². The van der Waals surface area contributed by atoms with Crippen LogP contribution in [-0.4, -0.2) is 34.1 Å². The number of benzene rings is 1. The summed E-state index contributed by atoms with van der Waals surface area (Å²) in [6, 6.07) is 0.907. The number of aliphatic carboxylic acids is 1. The Bertz CT molecular complexity index is 579. The number of urea groups is 1. The molecule has 0 saturated heterocycles. The number of halogens is 3. The summed E-state index contributed by atoms with van der Waals surface area (Å²) in [5, 5.41) is 11.4. The molecule has 116 valence electrons. The molecule has 1 aromatic rings. The topological polar surface area (TPSA) is 69.6 Å². The maximum absolute atomic E-state index is 13.6. The van der Waals surface area contributed by atoms with E-state index in [1.807, 2.05) is 0 Å². The highest BCUT2D eigenvalue weighted by molar-refractivity contribution is 9.10. The molecule has 2 amide bonds. The lowest BCUT2D eigenvalue weighted by Gasteiger charge is -2.34. The zero-order chi connectivity index (χ0) is 16.4. The Morgan fingerprint density at radius 3 is 2.38 bits per heavy atom. The highest BCUT2D eigenvalue weighted by Crippen LogP contribution is 2.25. The standard InChI is InChI=1S/C13H15BrF2N2O3/c1-4-18(13(2,3)11(19)20)12(21)17-10-5-7(14)8(15)6-9(10)16/h5-6H,4H2,1-3H3,(H,17,21)(H,19,20). The van der Waals surface area contributed by atoms with Gasteiger partial charge in [-0.3, -0.25) is 0 Å². The van der Waals surface area contributed by atoms with Crippen LogP contribution in [0.1, 0.15) is 20.8 Å².